The molecule has 62 valence electrons. The highest BCUT2D eigenvalue weighted by Crippen LogP contribution is 2.13. The van der Waals surface area contributed by atoms with Crippen LogP contribution in [0.1, 0.15) is 6.42 Å². The molecule has 12 heavy (non-hydrogen) atoms. The standard InChI is InChI=1S/C8H9N3O/c12-8-3-1-2-6-11(8)7-4-5-9-10-7/h1,3-5H,2,6H2,(H,9,10). The molecule has 0 aromatic carbocycles. The molecule has 1 amide bonds. The van der Waals surface area contributed by atoms with Crippen molar-refractivity contribution in [2.75, 3.05) is 11.4 Å². The molecule has 1 aromatic heterocycles. The van der Waals surface area contributed by atoms with Gasteiger partial charge in [-0.05, 0) is 12.5 Å². The molecule has 0 atom stereocenters. The minimum Gasteiger partial charge on any atom is -0.293 e. The lowest BCUT2D eigenvalue weighted by Gasteiger charge is -2.20. The van der Waals surface area contributed by atoms with E-state index in [4.69, 9.17) is 0 Å². The summed E-state index contributed by atoms with van der Waals surface area (Å²) in [4.78, 5) is 13.0. The van der Waals surface area contributed by atoms with Crippen molar-refractivity contribution >= 4 is 11.7 Å². The van der Waals surface area contributed by atoms with Gasteiger partial charge in [-0.1, -0.05) is 6.08 Å². The van der Waals surface area contributed by atoms with Crippen molar-refractivity contribution in [2.24, 2.45) is 0 Å². The van der Waals surface area contributed by atoms with Crippen LogP contribution in [-0.2, 0) is 4.79 Å². The van der Waals surface area contributed by atoms with Crippen LogP contribution in [-0.4, -0.2) is 22.6 Å². The lowest BCUT2D eigenvalue weighted by molar-refractivity contribution is -0.114. The minimum absolute atomic E-state index is 0.0190. The second-order valence-corrected chi connectivity index (χ2v) is 2.62. The number of hydrogen-bond acceptors (Lipinski definition) is 2. The van der Waals surface area contributed by atoms with E-state index in [2.05, 4.69) is 10.2 Å². The summed E-state index contributed by atoms with van der Waals surface area (Å²) in [7, 11) is 0. The van der Waals surface area contributed by atoms with Gasteiger partial charge in [-0.2, -0.15) is 5.10 Å². The Hall–Kier alpha value is -1.58. The van der Waals surface area contributed by atoms with Crippen LogP contribution in [0.2, 0.25) is 0 Å². The zero-order valence-corrected chi connectivity index (χ0v) is 6.53. The van der Waals surface area contributed by atoms with Crippen LogP contribution in [0, 0.1) is 0 Å². The number of H-pyrrole nitrogens is 1. The Labute approximate surface area is 69.9 Å². The minimum atomic E-state index is 0.0190. The van der Waals surface area contributed by atoms with Gasteiger partial charge in [-0.3, -0.25) is 14.8 Å². The van der Waals surface area contributed by atoms with E-state index in [9.17, 15) is 4.79 Å². The van der Waals surface area contributed by atoms with Gasteiger partial charge in [0.15, 0.2) is 0 Å². The zero-order chi connectivity index (χ0) is 8.39. The fourth-order valence-electron chi connectivity index (χ4n) is 1.23. The van der Waals surface area contributed by atoms with E-state index in [0.29, 0.717) is 0 Å². The van der Waals surface area contributed by atoms with E-state index in [1.807, 2.05) is 6.08 Å². The molecule has 2 heterocycles. The third kappa shape index (κ3) is 1.11. The van der Waals surface area contributed by atoms with Crippen molar-refractivity contribution in [3.63, 3.8) is 0 Å². The molecule has 0 saturated heterocycles. The van der Waals surface area contributed by atoms with Crippen molar-refractivity contribution in [1.82, 2.24) is 10.2 Å². The number of hydrogen-bond donors (Lipinski definition) is 1. The van der Waals surface area contributed by atoms with Crippen molar-refractivity contribution in [3.8, 4) is 0 Å². The average molecular weight is 163 g/mol. The molecule has 0 unspecified atom stereocenters. The highest BCUT2D eigenvalue weighted by atomic mass is 16.2. The topological polar surface area (TPSA) is 49.0 Å². The van der Waals surface area contributed by atoms with Gasteiger partial charge in [-0.25, -0.2) is 0 Å². The molecule has 1 N–H and O–H groups in total. The Balaban J connectivity index is 2.25. The predicted molar refractivity (Wildman–Crippen MR) is 44.7 cm³/mol. The van der Waals surface area contributed by atoms with Gasteiger partial charge in [0.05, 0.1) is 6.20 Å². The van der Waals surface area contributed by atoms with Gasteiger partial charge < -0.3 is 0 Å². The van der Waals surface area contributed by atoms with Crippen molar-refractivity contribution in [2.45, 2.75) is 6.42 Å². The highest BCUT2D eigenvalue weighted by molar-refractivity contribution is 6.01. The summed E-state index contributed by atoms with van der Waals surface area (Å²) < 4.78 is 0. The van der Waals surface area contributed by atoms with Crippen LogP contribution < -0.4 is 4.90 Å². The molecular weight excluding hydrogens is 154 g/mol. The molecule has 2 rings (SSSR count). The molecule has 0 saturated carbocycles. The molecule has 1 aromatic rings. The van der Waals surface area contributed by atoms with Crippen LogP contribution in [0.4, 0.5) is 5.82 Å². The molecule has 0 aliphatic carbocycles. The Kier molecular flexibility index (Phi) is 1.66. The lowest BCUT2D eigenvalue weighted by Crippen LogP contribution is -2.32. The monoisotopic (exact) mass is 163 g/mol. The first-order chi connectivity index (χ1) is 5.88. The summed E-state index contributed by atoms with van der Waals surface area (Å²) in [5, 5.41) is 6.55. The van der Waals surface area contributed by atoms with Crippen LogP contribution in [0.15, 0.2) is 24.4 Å². The Morgan fingerprint density at radius 2 is 2.50 bits per heavy atom. The normalized spacial score (nSPS) is 17.0. The molecule has 4 heteroatoms. The first kappa shape index (κ1) is 7.09. The van der Waals surface area contributed by atoms with E-state index in [-0.39, 0.29) is 5.91 Å². The summed E-state index contributed by atoms with van der Waals surface area (Å²) in [5.74, 6) is 0.787. The number of carbonyl (C=O) groups excluding carboxylic acids is 1. The zero-order valence-electron chi connectivity index (χ0n) is 6.53. The second kappa shape index (κ2) is 2.81. The fraction of sp³-hybridized carbons (Fsp3) is 0.250. The van der Waals surface area contributed by atoms with Crippen LogP contribution in [0.25, 0.3) is 0 Å². The second-order valence-electron chi connectivity index (χ2n) is 2.62. The number of anilines is 1. The van der Waals surface area contributed by atoms with E-state index in [1.54, 1.807) is 23.2 Å². The third-order valence-corrected chi connectivity index (χ3v) is 1.82. The van der Waals surface area contributed by atoms with Gasteiger partial charge in [0, 0.05) is 12.6 Å². The third-order valence-electron chi connectivity index (χ3n) is 1.82. The number of amides is 1. The molecule has 0 radical (unpaired) electrons. The molecule has 1 aliphatic heterocycles. The number of nitrogens with zero attached hydrogens (tertiary/aromatic N) is 2. The largest absolute Gasteiger partial charge is 0.293 e. The van der Waals surface area contributed by atoms with E-state index in [1.165, 1.54) is 0 Å². The lowest BCUT2D eigenvalue weighted by atomic mass is 10.2. The van der Waals surface area contributed by atoms with Gasteiger partial charge >= 0.3 is 0 Å². The van der Waals surface area contributed by atoms with Crippen molar-refractivity contribution < 1.29 is 4.79 Å². The number of carbonyl (C=O) groups is 1. The molecule has 0 fully saturated rings. The molecule has 4 nitrogen and oxygen atoms in total. The summed E-state index contributed by atoms with van der Waals surface area (Å²) in [5.41, 5.74) is 0. The van der Waals surface area contributed by atoms with Crippen molar-refractivity contribution in [1.29, 1.82) is 0 Å². The first-order valence-corrected chi connectivity index (χ1v) is 3.85. The average Bonchev–Trinajstić information content (AvgIpc) is 2.57. The quantitative estimate of drug-likeness (QED) is 0.662. The van der Waals surface area contributed by atoms with Gasteiger partial charge in [0.2, 0.25) is 0 Å². The van der Waals surface area contributed by atoms with Gasteiger partial charge in [-0.15, -0.1) is 0 Å². The van der Waals surface area contributed by atoms with E-state index >= 15 is 0 Å². The van der Waals surface area contributed by atoms with Crippen LogP contribution in [0.5, 0.6) is 0 Å². The highest BCUT2D eigenvalue weighted by Gasteiger charge is 2.15. The first-order valence-electron chi connectivity index (χ1n) is 3.85. The van der Waals surface area contributed by atoms with Crippen LogP contribution >= 0.6 is 0 Å². The van der Waals surface area contributed by atoms with Crippen LogP contribution in [0.3, 0.4) is 0 Å². The van der Waals surface area contributed by atoms with E-state index < -0.39 is 0 Å². The van der Waals surface area contributed by atoms with Gasteiger partial charge in [0.25, 0.3) is 5.91 Å². The maximum Gasteiger partial charge on any atom is 0.251 e. The van der Waals surface area contributed by atoms with Crippen molar-refractivity contribution in [3.05, 3.63) is 24.4 Å². The Bertz CT molecular complexity index is 302. The summed E-state index contributed by atoms with van der Waals surface area (Å²) in [6.45, 7) is 0.734. The number of nitrogens with one attached hydrogen (secondary N) is 1. The maximum absolute atomic E-state index is 11.3. The Morgan fingerprint density at radius 3 is 3.17 bits per heavy atom. The SMILES string of the molecule is O=C1C=CCCN1c1ccn[nH]1. The number of rotatable bonds is 1. The van der Waals surface area contributed by atoms with Gasteiger partial charge in [0.1, 0.15) is 5.82 Å². The Morgan fingerprint density at radius 1 is 1.58 bits per heavy atom. The molecule has 0 spiro atoms. The fourth-order valence-corrected chi connectivity index (χ4v) is 1.23. The molecule has 0 bridgehead atoms. The molecular formula is C8H9N3O. The van der Waals surface area contributed by atoms with E-state index in [0.717, 1.165) is 18.8 Å². The molecule has 1 aliphatic rings. The summed E-state index contributed by atoms with van der Waals surface area (Å²) in [6.07, 6.45) is 6.02. The number of aromatic nitrogens is 2. The summed E-state index contributed by atoms with van der Waals surface area (Å²) >= 11 is 0. The maximum atomic E-state index is 11.3. The summed E-state index contributed by atoms with van der Waals surface area (Å²) in [6, 6.07) is 1.79. The number of aromatic amines is 1. The predicted octanol–water partition coefficient (Wildman–Crippen LogP) is 0.703. The smallest absolute Gasteiger partial charge is 0.251 e.